The largest absolute Gasteiger partial charge is 0.478 e. The monoisotopic (exact) mass is 218 g/mol. The molecule has 0 saturated carbocycles. The summed E-state index contributed by atoms with van der Waals surface area (Å²) in [4.78, 5) is 10.2. The van der Waals surface area contributed by atoms with Gasteiger partial charge >= 0.3 is 5.97 Å². The average Bonchev–Trinajstić information content (AvgIpc) is 2.25. The predicted molar refractivity (Wildman–Crippen MR) is 65.6 cm³/mol. The molecule has 0 aliphatic heterocycles. The lowest BCUT2D eigenvalue weighted by Gasteiger charge is -2.05. The Bertz CT molecular complexity index is 361. The van der Waals surface area contributed by atoms with Crippen LogP contribution in [0.2, 0.25) is 0 Å². The summed E-state index contributed by atoms with van der Waals surface area (Å²) in [5.74, 6) is -0.323. The van der Waals surface area contributed by atoms with Gasteiger partial charge < -0.3 is 5.11 Å². The highest BCUT2D eigenvalue weighted by Crippen LogP contribution is 2.15. The molecule has 0 aliphatic rings. The van der Waals surface area contributed by atoms with Crippen molar-refractivity contribution in [1.82, 2.24) is 0 Å². The normalized spacial score (nSPS) is 11.2. The molecule has 0 spiro atoms. The maximum atomic E-state index is 10.2. The zero-order chi connectivity index (χ0) is 12.0. The topological polar surface area (TPSA) is 37.3 Å². The van der Waals surface area contributed by atoms with E-state index in [4.69, 9.17) is 5.11 Å². The van der Waals surface area contributed by atoms with Crippen LogP contribution in [0.25, 0.3) is 0 Å². The molecule has 0 amide bonds. The molecule has 1 N–H and O–H groups in total. The smallest absolute Gasteiger partial charge is 0.327 e. The molecular formula is C14H18O2. The van der Waals surface area contributed by atoms with E-state index in [0.29, 0.717) is 5.92 Å². The van der Waals surface area contributed by atoms with Crippen molar-refractivity contribution in [2.45, 2.75) is 32.6 Å². The third-order valence-corrected chi connectivity index (χ3v) is 2.51. The zero-order valence-electron chi connectivity index (χ0n) is 9.81. The van der Waals surface area contributed by atoms with Gasteiger partial charge in [0.15, 0.2) is 0 Å². The summed E-state index contributed by atoms with van der Waals surface area (Å²) in [5, 5.41) is 8.42. The third kappa shape index (κ3) is 4.30. The van der Waals surface area contributed by atoms with E-state index in [1.807, 2.05) is 0 Å². The number of aliphatic carboxylic acids is 1. The highest BCUT2D eigenvalue weighted by Gasteiger charge is 1.98. The van der Waals surface area contributed by atoms with Crippen molar-refractivity contribution in [1.29, 1.82) is 0 Å². The van der Waals surface area contributed by atoms with Crippen molar-refractivity contribution < 1.29 is 9.90 Å². The molecule has 0 bridgehead atoms. The average molecular weight is 218 g/mol. The second kappa shape index (κ2) is 6.11. The first-order valence-corrected chi connectivity index (χ1v) is 5.58. The van der Waals surface area contributed by atoms with Crippen LogP contribution >= 0.6 is 0 Å². The van der Waals surface area contributed by atoms with Crippen LogP contribution in [0, 0.1) is 0 Å². The molecular weight excluding hydrogens is 200 g/mol. The first-order valence-electron chi connectivity index (χ1n) is 5.58. The van der Waals surface area contributed by atoms with E-state index in [1.54, 1.807) is 6.08 Å². The minimum atomic E-state index is -0.879. The Morgan fingerprint density at radius 3 is 2.44 bits per heavy atom. The predicted octanol–water partition coefficient (Wildman–Crippen LogP) is 3.38. The number of hydrogen-bond donors (Lipinski definition) is 1. The van der Waals surface area contributed by atoms with Gasteiger partial charge in [0, 0.05) is 6.08 Å². The van der Waals surface area contributed by atoms with E-state index in [2.05, 4.69) is 38.1 Å². The van der Waals surface area contributed by atoms with Gasteiger partial charge in [-0.05, 0) is 29.9 Å². The van der Waals surface area contributed by atoms with Crippen molar-refractivity contribution >= 4 is 5.97 Å². The molecule has 0 unspecified atom stereocenters. The van der Waals surface area contributed by atoms with Gasteiger partial charge in [0.1, 0.15) is 0 Å². The summed E-state index contributed by atoms with van der Waals surface area (Å²) in [6.45, 7) is 4.34. The Balaban J connectivity index is 2.46. The third-order valence-electron chi connectivity index (χ3n) is 2.51. The van der Waals surface area contributed by atoms with Crippen molar-refractivity contribution in [2.75, 3.05) is 0 Å². The Morgan fingerprint density at radius 2 is 1.94 bits per heavy atom. The molecule has 0 fully saturated rings. The Morgan fingerprint density at radius 1 is 1.31 bits per heavy atom. The summed E-state index contributed by atoms with van der Waals surface area (Å²) in [6.07, 6.45) is 4.55. The first-order chi connectivity index (χ1) is 7.59. The van der Waals surface area contributed by atoms with Gasteiger partial charge in [-0.25, -0.2) is 4.79 Å². The second-order valence-corrected chi connectivity index (χ2v) is 4.18. The van der Waals surface area contributed by atoms with Crippen molar-refractivity contribution in [3.05, 3.63) is 47.5 Å². The van der Waals surface area contributed by atoms with Gasteiger partial charge in [-0.3, -0.25) is 0 Å². The van der Waals surface area contributed by atoms with Gasteiger partial charge in [-0.1, -0.05) is 44.2 Å². The highest BCUT2D eigenvalue weighted by atomic mass is 16.4. The summed E-state index contributed by atoms with van der Waals surface area (Å²) < 4.78 is 0. The van der Waals surface area contributed by atoms with Gasteiger partial charge in [-0.15, -0.1) is 0 Å². The number of hydrogen-bond acceptors (Lipinski definition) is 1. The lowest BCUT2D eigenvalue weighted by Crippen LogP contribution is -1.90. The molecule has 1 aromatic carbocycles. The van der Waals surface area contributed by atoms with Gasteiger partial charge in [0.25, 0.3) is 0 Å². The van der Waals surface area contributed by atoms with E-state index in [1.165, 1.54) is 17.2 Å². The number of carbonyl (C=O) groups is 1. The molecule has 0 atom stereocenters. The van der Waals surface area contributed by atoms with Crippen LogP contribution in [0.15, 0.2) is 36.4 Å². The molecule has 86 valence electrons. The summed E-state index contributed by atoms with van der Waals surface area (Å²) in [5.41, 5.74) is 2.59. The Labute approximate surface area is 96.6 Å². The summed E-state index contributed by atoms with van der Waals surface area (Å²) >= 11 is 0. The Hall–Kier alpha value is -1.57. The second-order valence-electron chi connectivity index (χ2n) is 4.18. The van der Waals surface area contributed by atoms with E-state index in [-0.39, 0.29) is 0 Å². The van der Waals surface area contributed by atoms with Crippen LogP contribution in [-0.2, 0) is 11.2 Å². The fourth-order valence-electron chi connectivity index (χ4n) is 1.50. The molecule has 2 nitrogen and oxygen atoms in total. The van der Waals surface area contributed by atoms with Crippen LogP contribution in [0.3, 0.4) is 0 Å². The minimum Gasteiger partial charge on any atom is -0.478 e. The minimum absolute atomic E-state index is 0.556. The van der Waals surface area contributed by atoms with E-state index in [9.17, 15) is 4.79 Å². The summed E-state index contributed by atoms with van der Waals surface area (Å²) in [6, 6.07) is 8.51. The molecule has 16 heavy (non-hydrogen) atoms. The fraction of sp³-hybridized carbons (Fsp3) is 0.357. The maximum absolute atomic E-state index is 10.2. The van der Waals surface area contributed by atoms with Crippen molar-refractivity contribution in [3.63, 3.8) is 0 Å². The van der Waals surface area contributed by atoms with Crippen molar-refractivity contribution in [2.24, 2.45) is 0 Å². The molecule has 0 heterocycles. The molecule has 1 aromatic rings. The quantitative estimate of drug-likeness (QED) is 0.769. The lowest BCUT2D eigenvalue weighted by atomic mass is 10.0. The van der Waals surface area contributed by atoms with Crippen LogP contribution in [0.4, 0.5) is 0 Å². The number of carboxylic acids is 1. The first kappa shape index (κ1) is 12.5. The lowest BCUT2D eigenvalue weighted by molar-refractivity contribution is -0.131. The standard InChI is InChI=1S/C14H18O2/c1-11(2)13-9-7-12(8-10-13)5-3-4-6-14(15)16/h4,6-11H,3,5H2,1-2H3,(H,15,16)/b6-4+. The molecule has 0 saturated heterocycles. The van der Waals surface area contributed by atoms with Gasteiger partial charge in [-0.2, -0.15) is 0 Å². The fourth-order valence-corrected chi connectivity index (χ4v) is 1.50. The number of benzene rings is 1. The zero-order valence-corrected chi connectivity index (χ0v) is 9.81. The number of carboxylic acid groups (broad SMARTS) is 1. The number of rotatable bonds is 5. The van der Waals surface area contributed by atoms with Gasteiger partial charge in [0.2, 0.25) is 0 Å². The van der Waals surface area contributed by atoms with Crippen molar-refractivity contribution in [3.8, 4) is 0 Å². The number of allylic oxidation sites excluding steroid dienone is 1. The molecule has 0 radical (unpaired) electrons. The van der Waals surface area contributed by atoms with Crippen LogP contribution in [-0.4, -0.2) is 11.1 Å². The van der Waals surface area contributed by atoms with E-state index in [0.717, 1.165) is 12.8 Å². The number of aryl methyl sites for hydroxylation is 1. The summed E-state index contributed by atoms with van der Waals surface area (Å²) in [7, 11) is 0. The molecule has 0 aromatic heterocycles. The van der Waals surface area contributed by atoms with Crippen LogP contribution in [0.5, 0.6) is 0 Å². The Kier molecular flexibility index (Phi) is 4.77. The van der Waals surface area contributed by atoms with Crippen LogP contribution in [0.1, 0.15) is 37.3 Å². The van der Waals surface area contributed by atoms with E-state index >= 15 is 0 Å². The molecule has 1 rings (SSSR count). The molecule has 2 heteroatoms. The SMILES string of the molecule is CC(C)c1ccc(CC/C=C/C(=O)O)cc1. The maximum Gasteiger partial charge on any atom is 0.327 e. The molecule has 0 aliphatic carbocycles. The van der Waals surface area contributed by atoms with Crippen LogP contribution < -0.4 is 0 Å². The highest BCUT2D eigenvalue weighted by molar-refractivity contribution is 5.79. The van der Waals surface area contributed by atoms with Gasteiger partial charge in [0.05, 0.1) is 0 Å². The van der Waals surface area contributed by atoms with E-state index < -0.39 is 5.97 Å².